The molecule has 0 spiro atoms. The first kappa shape index (κ1) is 13.5. The van der Waals surface area contributed by atoms with E-state index in [0.29, 0.717) is 6.04 Å². The van der Waals surface area contributed by atoms with Crippen LogP contribution in [0.5, 0.6) is 0 Å². The molecule has 1 unspecified atom stereocenters. The van der Waals surface area contributed by atoms with E-state index in [-0.39, 0.29) is 0 Å². The van der Waals surface area contributed by atoms with E-state index in [2.05, 4.69) is 42.4 Å². The molecule has 1 fully saturated rings. The molecular weight excluding hydrogens is 238 g/mol. The van der Waals surface area contributed by atoms with Gasteiger partial charge in [-0.1, -0.05) is 35.7 Å². The van der Waals surface area contributed by atoms with E-state index in [1.165, 1.54) is 24.0 Å². The highest BCUT2D eigenvalue weighted by atomic mass is 32.2. The minimum Gasteiger partial charge on any atom is -0.309 e. The molecule has 1 saturated carbocycles. The number of benzene rings is 1. The van der Waals surface area contributed by atoms with Crippen molar-refractivity contribution in [2.75, 3.05) is 18.1 Å². The van der Waals surface area contributed by atoms with Crippen LogP contribution in [-0.4, -0.2) is 18.1 Å². The summed E-state index contributed by atoms with van der Waals surface area (Å²) in [6.07, 6.45) is 7.97. The van der Waals surface area contributed by atoms with Crippen LogP contribution in [0.25, 0.3) is 0 Å². The Morgan fingerprint density at radius 2 is 2.11 bits per heavy atom. The third-order valence-corrected chi connectivity index (χ3v) is 4.19. The second kappa shape index (κ2) is 6.87. The maximum atomic E-state index is 5.24. The van der Waals surface area contributed by atoms with Gasteiger partial charge in [0, 0.05) is 18.3 Å². The average molecular weight is 259 g/mol. The molecule has 0 heterocycles. The van der Waals surface area contributed by atoms with Gasteiger partial charge in [0.05, 0.1) is 5.75 Å². The van der Waals surface area contributed by atoms with Crippen LogP contribution in [0.3, 0.4) is 0 Å². The van der Waals surface area contributed by atoms with Crippen molar-refractivity contribution < 1.29 is 0 Å². The molecule has 96 valence electrons. The molecule has 0 saturated heterocycles. The Balaban J connectivity index is 1.85. The molecule has 0 aromatic heterocycles. The summed E-state index contributed by atoms with van der Waals surface area (Å²) in [5.41, 5.74) is 2.77. The third-order valence-electron chi connectivity index (χ3n) is 3.33. The third kappa shape index (κ3) is 4.08. The van der Waals surface area contributed by atoms with Crippen LogP contribution in [0.4, 0.5) is 0 Å². The van der Waals surface area contributed by atoms with Crippen molar-refractivity contribution >= 4 is 11.8 Å². The molecule has 0 radical (unpaired) electrons. The van der Waals surface area contributed by atoms with Crippen LogP contribution in [0, 0.1) is 25.2 Å². The van der Waals surface area contributed by atoms with Crippen molar-refractivity contribution in [2.24, 2.45) is 5.92 Å². The first-order chi connectivity index (χ1) is 8.81. The highest BCUT2D eigenvalue weighted by molar-refractivity contribution is 7.99. The quantitative estimate of drug-likeness (QED) is 0.595. The molecule has 1 nitrogen and oxygen atoms in total. The van der Waals surface area contributed by atoms with Crippen LogP contribution in [-0.2, 0) is 0 Å². The lowest BCUT2D eigenvalue weighted by molar-refractivity contribution is 0.498. The normalized spacial score (nSPS) is 16.2. The van der Waals surface area contributed by atoms with Crippen molar-refractivity contribution in [3.05, 3.63) is 35.4 Å². The number of thioether (sulfide) groups is 1. The van der Waals surface area contributed by atoms with Crippen molar-refractivity contribution in [3.63, 3.8) is 0 Å². The lowest BCUT2D eigenvalue weighted by Gasteiger charge is -2.19. The molecule has 1 aromatic carbocycles. The minimum atomic E-state index is 0.539. The lowest BCUT2D eigenvalue weighted by atomic mass is 10.0. The first-order valence-corrected chi connectivity index (χ1v) is 7.78. The van der Waals surface area contributed by atoms with Crippen LogP contribution in [0.2, 0.25) is 0 Å². The van der Waals surface area contributed by atoms with Crippen molar-refractivity contribution in [3.8, 4) is 12.3 Å². The molecule has 2 rings (SSSR count). The predicted molar refractivity (Wildman–Crippen MR) is 80.8 cm³/mol. The summed E-state index contributed by atoms with van der Waals surface area (Å²) in [5, 5.41) is 3.69. The Bertz CT molecular complexity index is 400. The predicted octanol–water partition coefficient (Wildman–Crippen LogP) is 3.40. The molecule has 0 aliphatic heterocycles. The van der Waals surface area contributed by atoms with E-state index in [9.17, 15) is 0 Å². The van der Waals surface area contributed by atoms with Crippen LogP contribution in [0.15, 0.2) is 24.3 Å². The van der Waals surface area contributed by atoms with Gasteiger partial charge in [-0.2, -0.15) is 0 Å². The van der Waals surface area contributed by atoms with Gasteiger partial charge in [-0.05, 0) is 31.2 Å². The summed E-state index contributed by atoms with van der Waals surface area (Å²) in [6.45, 7) is 3.18. The van der Waals surface area contributed by atoms with Gasteiger partial charge >= 0.3 is 0 Å². The van der Waals surface area contributed by atoms with Crippen molar-refractivity contribution in [2.45, 2.75) is 25.8 Å². The van der Waals surface area contributed by atoms with Gasteiger partial charge in [0.2, 0.25) is 0 Å². The topological polar surface area (TPSA) is 12.0 Å². The number of terminal acetylenes is 1. The van der Waals surface area contributed by atoms with E-state index in [1.54, 1.807) is 0 Å². The number of hydrogen-bond donors (Lipinski definition) is 1. The fraction of sp³-hybridized carbons (Fsp3) is 0.500. The van der Waals surface area contributed by atoms with Gasteiger partial charge in [-0.3, -0.25) is 0 Å². The van der Waals surface area contributed by atoms with E-state index in [1.807, 2.05) is 11.8 Å². The van der Waals surface area contributed by atoms with Gasteiger partial charge in [0.25, 0.3) is 0 Å². The highest BCUT2D eigenvalue weighted by Gasteiger charge is 2.31. The number of nitrogens with one attached hydrogen (secondary N) is 1. The largest absolute Gasteiger partial charge is 0.309 e. The molecular formula is C16H21NS. The summed E-state index contributed by atoms with van der Waals surface area (Å²) in [4.78, 5) is 0. The summed E-state index contributed by atoms with van der Waals surface area (Å²) in [6, 6.07) is 9.48. The van der Waals surface area contributed by atoms with Gasteiger partial charge in [0.1, 0.15) is 0 Å². The zero-order valence-electron chi connectivity index (χ0n) is 11.0. The van der Waals surface area contributed by atoms with Crippen LogP contribution in [0.1, 0.15) is 30.0 Å². The zero-order chi connectivity index (χ0) is 12.8. The van der Waals surface area contributed by atoms with E-state index in [0.717, 1.165) is 24.0 Å². The summed E-state index contributed by atoms with van der Waals surface area (Å²) < 4.78 is 0. The fourth-order valence-electron chi connectivity index (χ4n) is 2.18. The van der Waals surface area contributed by atoms with E-state index < -0.39 is 0 Å². The lowest BCUT2D eigenvalue weighted by Crippen LogP contribution is -2.25. The molecule has 1 aromatic rings. The summed E-state index contributed by atoms with van der Waals surface area (Å²) >= 11 is 1.83. The van der Waals surface area contributed by atoms with Gasteiger partial charge in [0.15, 0.2) is 0 Å². The Hall–Kier alpha value is -0.910. The number of hydrogen-bond acceptors (Lipinski definition) is 2. The Morgan fingerprint density at radius 1 is 1.39 bits per heavy atom. The average Bonchev–Trinajstić information content (AvgIpc) is 3.20. The molecule has 1 atom stereocenters. The summed E-state index contributed by atoms with van der Waals surface area (Å²) in [5.74, 6) is 5.42. The van der Waals surface area contributed by atoms with Gasteiger partial charge < -0.3 is 5.32 Å². The second-order valence-corrected chi connectivity index (χ2v) is 6.04. The fourth-order valence-corrected chi connectivity index (χ4v) is 2.70. The van der Waals surface area contributed by atoms with E-state index in [4.69, 9.17) is 6.42 Å². The van der Waals surface area contributed by atoms with Crippen LogP contribution >= 0.6 is 11.8 Å². The monoisotopic (exact) mass is 259 g/mol. The van der Waals surface area contributed by atoms with Gasteiger partial charge in [-0.15, -0.1) is 18.2 Å². The maximum absolute atomic E-state index is 5.24. The Kier molecular flexibility index (Phi) is 5.16. The highest BCUT2D eigenvalue weighted by Crippen LogP contribution is 2.40. The molecule has 1 aliphatic carbocycles. The minimum absolute atomic E-state index is 0.539. The number of aryl methyl sites for hydroxylation is 1. The SMILES string of the molecule is C#CCSCCNC(c1ccc(C)cc1)C1CC1. The molecule has 18 heavy (non-hydrogen) atoms. The standard InChI is InChI=1S/C16H21NS/c1-3-11-18-12-10-17-16(15-8-9-15)14-6-4-13(2)5-7-14/h1,4-7,15-17H,8-12H2,2H3. The van der Waals surface area contributed by atoms with Crippen molar-refractivity contribution in [1.82, 2.24) is 5.32 Å². The molecule has 0 bridgehead atoms. The molecule has 0 amide bonds. The summed E-state index contributed by atoms with van der Waals surface area (Å²) in [7, 11) is 0. The molecule has 1 aliphatic rings. The molecule has 2 heteroatoms. The Morgan fingerprint density at radius 3 is 2.72 bits per heavy atom. The van der Waals surface area contributed by atoms with E-state index >= 15 is 0 Å². The maximum Gasteiger partial charge on any atom is 0.0545 e. The Labute approximate surface area is 115 Å². The first-order valence-electron chi connectivity index (χ1n) is 6.62. The second-order valence-electron chi connectivity index (χ2n) is 4.94. The van der Waals surface area contributed by atoms with Crippen LogP contribution < -0.4 is 5.32 Å². The zero-order valence-corrected chi connectivity index (χ0v) is 11.8. The van der Waals surface area contributed by atoms with Gasteiger partial charge in [-0.25, -0.2) is 0 Å². The molecule has 1 N–H and O–H groups in total. The smallest absolute Gasteiger partial charge is 0.0545 e. The number of rotatable bonds is 7. The van der Waals surface area contributed by atoms with Crippen molar-refractivity contribution in [1.29, 1.82) is 0 Å².